The van der Waals surface area contributed by atoms with Gasteiger partial charge >= 0.3 is 5.97 Å². The maximum Gasteiger partial charge on any atom is 0.305 e. The van der Waals surface area contributed by atoms with Gasteiger partial charge in [-0.05, 0) is 231 Å². The molecule has 0 aliphatic heterocycles. The minimum absolute atomic E-state index is 0.0677. The summed E-state index contributed by atoms with van der Waals surface area (Å²) in [7, 11) is 1.57. The second-order valence-corrected chi connectivity index (χ2v) is 23.4. The second-order valence-electron chi connectivity index (χ2n) is 23.4. The molecule has 0 radical (unpaired) electrons. The first-order valence-electron chi connectivity index (χ1n) is 25.2. The van der Waals surface area contributed by atoms with E-state index in [4.69, 9.17) is 4.74 Å². The van der Waals surface area contributed by atoms with Crippen molar-refractivity contribution in [3.63, 3.8) is 0 Å². The molecular formula is C62H42O2. The summed E-state index contributed by atoms with van der Waals surface area (Å²) in [5, 5.41) is 3.26. The molecule has 6 aromatic carbocycles. The molecule has 0 N–H and O–H groups in total. The molecule has 15 aliphatic rings. The number of hydrogen-bond donors (Lipinski definition) is 0. The van der Waals surface area contributed by atoms with E-state index in [9.17, 15) is 4.79 Å². The summed E-state index contributed by atoms with van der Waals surface area (Å²) in [6, 6.07) is 22.6. The first kappa shape index (κ1) is 31.2. The first-order chi connectivity index (χ1) is 31.7. The minimum Gasteiger partial charge on any atom is -0.469 e. The van der Waals surface area contributed by atoms with Crippen LogP contribution in [-0.2, 0) is 34.2 Å². The lowest BCUT2D eigenvalue weighted by atomic mass is 9.45. The Bertz CT molecular complexity index is 3790. The van der Waals surface area contributed by atoms with Crippen molar-refractivity contribution in [1.29, 1.82) is 0 Å². The van der Waals surface area contributed by atoms with E-state index >= 15 is 0 Å². The van der Waals surface area contributed by atoms with Crippen LogP contribution in [0.5, 0.6) is 0 Å². The maximum absolute atomic E-state index is 13.1. The minimum atomic E-state index is -0.174. The Kier molecular flexibility index (Phi) is 4.43. The molecule has 0 bridgehead atoms. The molecule has 0 amide bonds. The van der Waals surface area contributed by atoms with E-state index in [-0.39, 0.29) is 17.3 Å². The predicted molar refractivity (Wildman–Crippen MR) is 248 cm³/mol. The van der Waals surface area contributed by atoms with Crippen molar-refractivity contribution in [3.8, 4) is 22.3 Å². The van der Waals surface area contributed by atoms with Crippen LogP contribution in [0.4, 0.5) is 0 Å². The number of methoxy groups -OCH3 is 1. The van der Waals surface area contributed by atoms with Crippen LogP contribution >= 0.6 is 0 Å². The molecule has 10 atom stereocenters. The monoisotopic (exact) mass is 818 g/mol. The van der Waals surface area contributed by atoms with Crippen LogP contribution in [0.2, 0.25) is 0 Å². The fourth-order valence-electron chi connectivity index (χ4n) is 21.1. The summed E-state index contributed by atoms with van der Waals surface area (Å²) < 4.78 is 5.37. The van der Waals surface area contributed by atoms with E-state index in [1.54, 1.807) is 135 Å². The van der Waals surface area contributed by atoms with Crippen LogP contribution in [0.1, 0.15) is 198 Å². The van der Waals surface area contributed by atoms with Gasteiger partial charge in [0.1, 0.15) is 0 Å². The number of benzene rings is 6. The van der Waals surface area contributed by atoms with Gasteiger partial charge in [-0.3, -0.25) is 4.79 Å². The Morgan fingerprint density at radius 2 is 1.59 bits per heavy atom. The van der Waals surface area contributed by atoms with Gasteiger partial charge in [0.2, 0.25) is 0 Å². The number of allylic oxidation sites excluding steroid dienone is 5. The van der Waals surface area contributed by atoms with Crippen LogP contribution in [0.3, 0.4) is 0 Å². The molecule has 21 rings (SSSR count). The fourth-order valence-corrected chi connectivity index (χ4v) is 21.1. The average molecular weight is 819 g/mol. The van der Waals surface area contributed by atoms with Gasteiger partial charge in [0.15, 0.2) is 0 Å². The van der Waals surface area contributed by atoms with Crippen molar-refractivity contribution in [1.82, 2.24) is 0 Å². The molecule has 6 aromatic rings. The van der Waals surface area contributed by atoms with Crippen molar-refractivity contribution >= 4 is 27.9 Å². The zero-order chi connectivity index (χ0) is 40.4. The van der Waals surface area contributed by atoms with Gasteiger partial charge in [0.25, 0.3) is 0 Å². The highest BCUT2D eigenvalue weighted by molar-refractivity contribution is 6.16. The van der Waals surface area contributed by atoms with Gasteiger partial charge in [-0.1, -0.05) is 71.8 Å². The number of rotatable bonds is 6. The number of carbonyl (C=O) groups excluding carboxylic acids is 1. The Balaban J connectivity index is 1.03. The number of fused-ring (bicyclic) bond motifs is 2. The smallest absolute Gasteiger partial charge is 0.305 e. The van der Waals surface area contributed by atoms with Gasteiger partial charge in [0, 0.05) is 47.3 Å². The topological polar surface area (TPSA) is 26.3 Å². The SMILES string of the molecule is COC(=O)CCC[C@H](c1ccccc1)C12C3=C4c5c6c7c8c9c5[C@@H]1c1c5c%10c%11c(c1-9)C1c9c%12c%13cc%14cc%15c(c(c9%14)C81)C7=C(C%15)CC6CC4CCC3c1ccc(c-5c12)CC%10C(=CC%13)C%11%12. The molecule has 15 aliphatic carbocycles. The second kappa shape index (κ2) is 9.09. The number of carbonyl (C=O) groups is 1. The average Bonchev–Trinajstić information content (AvgIpc) is 4.13. The van der Waals surface area contributed by atoms with Crippen LogP contribution in [0, 0.1) is 5.92 Å². The number of hydrogen-bond acceptors (Lipinski definition) is 2. The normalized spacial score (nSPS) is 32.2. The Morgan fingerprint density at radius 3 is 2.52 bits per heavy atom. The Morgan fingerprint density at radius 1 is 0.734 bits per heavy atom. The highest BCUT2D eigenvalue weighted by Gasteiger charge is 2.72. The summed E-state index contributed by atoms with van der Waals surface area (Å²) in [6.07, 6.45) is 13.7. The molecule has 0 aromatic heterocycles. The van der Waals surface area contributed by atoms with Crippen LogP contribution in [0.15, 0.2) is 77.4 Å². The third-order valence-corrected chi connectivity index (χ3v) is 22.0. The number of esters is 1. The van der Waals surface area contributed by atoms with Crippen LogP contribution < -0.4 is 0 Å². The molecule has 64 heavy (non-hydrogen) atoms. The largest absolute Gasteiger partial charge is 0.469 e. The predicted octanol–water partition coefficient (Wildman–Crippen LogP) is 13.0. The molecule has 0 spiro atoms. The third kappa shape index (κ3) is 2.60. The van der Waals surface area contributed by atoms with Gasteiger partial charge in [-0.2, -0.15) is 0 Å². The van der Waals surface area contributed by atoms with Gasteiger partial charge < -0.3 is 4.74 Å². The van der Waals surface area contributed by atoms with E-state index in [0.717, 1.165) is 25.7 Å². The lowest BCUT2D eigenvalue weighted by molar-refractivity contribution is -0.140. The lowest BCUT2D eigenvalue weighted by Crippen LogP contribution is -2.47. The van der Waals surface area contributed by atoms with Crippen molar-refractivity contribution in [2.75, 3.05) is 7.11 Å². The van der Waals surface area contributed by atoms with Gasteiger partial charge in [-0.15, -0.1) is 0 Å². The summed E-state index contributed by atoms with van der Waals surface area (Å²) in [6.45, 7) is 0. The molecule has 2 nitrogen and oxygen atoms in total. The first-order valence-corrected chi connectivity index (χ1v) is 25.2. The molecular weight excluding hydrogens is 777 g/mol. The zero-order valence-electron chi connectivity index (χ0n) is 35.9. The molecule has 2 heteroatoms. The van der Waals surface area contributed by atoms with Gasteiger partial charge in [-0.25, -0.2) is 0 Å². The Hall–Kier alpha value is -5.73. The standard InChI is InChI=1S/C62H42O2/c1-64-35(63)9-5-8-34(22-6-3-2-4-7-22)62-59-31-14-11-24-17-27-19-29-20-28-18-26-16-23-10-13-30-33-21-25-12-15-32(31)60(62)42(25)49-44(33)50-43(30)36(23)45-39(26)46-37(28)38(29)47-40(27)48(41(24)59)57-55-53(47)52(46)51(45)54(50)56(55)58(49)61(57)62/h2-4,6-7,12-13,15-16,18,24,27,31,33-34,43,51-52,61H,5,8-11,14,17,19-21H2,1H3/t24?,27?,31?,33?,34-,43?,51?,52?,61-,62?/m1/s1. The lowest BCUT2D eigenvalue weighted by Gasteiger charge is -2.57. The van der Waals surface area contributed by atoms with E-state index in [1.807, 2.05) is 33.4 Å². The van der Waals surface area contributed by atoms with Crippen molar-refractivity contribution < 1.29 is 9.53 Å². The number of ether oxygens (including phenoxy) is 1. The molecule has 0 fully saturated rings. The highest BCUT2D eigenvalue weighted by atomic mass is 16.5. The molecule has 0 saturated heterocycles. The maximum atomic E-state index is 13.1. The third-order valence-electron chi connectivity index (χ3n) is 22.0. The summed E-state index contributed by atoms with van der Waals surface area (Å²) >= 11 is 0. The van der Waals surface area contributed by atoms with E-state index in [0.29, 0.717) is 53.8 Å². The zero-order valence-corrected chi connectivity index (χ0v) is 35.9. The fraction of sp³-hybridized carbons (Fsp3) is 0.339. The van der Waals surface area contributed by atoms with E-state index < -0.39 is 0 Å². The van der Waals surface area contributed by atoms with Crippen molar-refractivity contribution in [2.45, 2.75) is 117 Å². The molecule has 302 valence electrons. The quantitative estimate of drug-likeness (QED) is 0.124. The summed E-state index contributed by atoms with van der Waals surface area (Å²) in [4.78, 5) is 13.1. The molecule has 8 unspecified atom stereocenters. The van der Waals surface area contributed by atoms with Gasteiger partial charge in [0.05, 0.1) is 7.11 Å². The van der Waals surface area contributed by atoms with Crippen molar-refractivity contribution in [3.05, 3.63) is 183 Å². The van der Waals surface area contributed by atoms with Crippen molar-refractivity contribution in [2.24, 2.45) is 5.92 Å². The highest BCUT2D eigenvalue weighted by Crippen LogP contribution is 2.86. The summed E-state index contributed by atoms with van der Waals surface area (Å²) in [5.41, 5.74) is 48.9. The summed E-state index contributed by atoms with van der Waals surface area (Å²) in [5.74, 6) is 3.97. The van der Waals surface area contributed by atoms with E-state index in [1.165, 1.54) is 37.7 Å². The Labute approximate surface area is 371 Å². The van der Waals surface area contributed by atoms with E-state index in [2.05, 4.69) is 60.7 Å². The molecule has 0 heterocycles. The van der Waals surface area contributed by atoms with Crippen LogP contribution in [-0.4, -0.2) is 13.1 Å². The van der Waals surface area contributed by atoms with Crippen LogP contribution in [0.25, 0.3) is 44.2 Å². The molecule has 0 saturated carbocycles.